The van der Waals surface area contributed by atoms with Gasteiger partial charge in [-0.1, -0.05) is 37.6 Å². The second kappa shape index (κ2) is 7.05. The van der Waals surface area contributed by atoms with Crippen molar-refractivity contribution in [3.05, 3.63) is 34.9 Å². The molecule has 0 fully saturated rings. The lowest BCUT2D eigenvalue weighted by Gasteiger charge is -2.24. The summed E-state index contributed by atoms with van der Waals surface area (Å²) in [5.74, 6) is 0.756. The molecular formula is C14H20ClNOS. The molecule has 0 spiro atoms. The molecule has 0 aromatic heterocycles. The Bertz CT molecular complexity index is 389. The van der Waals surface area contributed by atoms with E-state index in [0.29, 0.717) is 18.7 Å². The Morgan fingerprint density at radius 3 is 2.50 bits per heavy atom. The molecule has 1 aromatic carbocycles. The topological polar surface area (TPSA) is 29.1 Å². The Labute approximate surface area is 120 Å². The largest absolute Gasteiger partial charge is 0.355 e. The third-order valence-electron chi connectivity index (χ3n) is 2.67. The van der Waals surface area contributed by atoms with Gasteiger partial charge in [-0.2, -0.15) is 12.6 Å². The minimum atomic E-state index is -0.0610. The normalized spacial score (nSPS) is 11.3. The van der Waals surface area contributed by atoms with Crippen LogP contribution < -0.4 is 5.32 Å². The molecule has 1 amide bonds. The van der Waals surface area contributed by atoms with E-state index in [0.717, 1.165) is 11.4 Å². The number of thiol groups is 1. The van der Waals surface area contributed by atoms with E-state index in [-0.39, 0.29) is 11.3 Å². The molecule has 0 saturated carbocycles. The van der Waals surface area contributed by atoms with Gasteiger partial charge in [-0.15, -0.1) is 0 Å². The number of halogens is 1. The summed E-state index contributed by atoms with van der Waals surface area (Å²) in [7, 11) is 0. The summed E-state index contributed by atoms with van der Waals surface area (Å²) < 4.78 is 0. The number of hydrogen-bond acceptors (Lipinski definition) is 2. The molecule has 0 bridgehead atoms. The first-order chi connectivity index (χ1) is 8.43. The Kier molecular flexibility index (Phi) is 6.03. The summed E-state index contributed by atoms with van der Waals surface area (Å²) in [6.07, 6.45) is 1.38. The van der Waals surface area contributed by atoms with Crippen molar-refractivity contribution in [1.29, 1.82) is 0 Å². The van der Waals surface area contributed by atoms with Crippen LogP contribution in [0.1, 0.15) is 25.8 Å². The SMILES string of the molecule is CC(C)(CC(=O)NCCS)Cc1ccc(Cl)cc1. The summed E-state index contributed by atoms with van der Waals surface area (Å²) in [4.78, 5) is 11.7. The zero-order valence-corrected chi connectivity index (χ0v) is 12.5. The van der Waals surface area contributed by atoms with Crippen molar-refractivity contribution in [3.63, 3.8) is 0 Å². The van der Waals surface area contributed by atoms with Gasteiger partial charge in [0.15, 0.2) is 0 Å². The van der Waals surface area contributed by atoms with Crippen molar-refractivity contribution < 1.29 is 4.79 Å². The molecule has 4 heteroatoms. The van der Waals surface area contributed by atoms with Crippen LogP contribution >= 0.6 is 24.2 Å². The van der Waals surface area contributed by atoms with Crippen LogP contribution in [-0.2, 0) is 11.2 Å². The first-order valence-electron chi connectivity index (χ1n) is 6.05. The van der Waals surface area contributed by atoms with E-state index in [1.165, 1.54) is 5.56 Å². The van der Waals surface area contributed by atoms with Gasteiger partial charge in [0.25, 0.3) is 0 Å². The number of carbonyl (C=O) groups is 1. The van der Waals surface area contributed by atoms with Crippen LogP contribution in [0.5, 0.6) is 0 Å². The van der Waals surface area contributed by atoms with Crippen molar-refractivity contribution in [2.45, 2.75) is 26.7 Å². The van der Waals surface area contributed by atoms with Gasteiger partial charge in [-0.25, -0.2) is 0 Å². The van der Waals surface area contributed by atoms with Crippen LogP contribution in [0.15, 0.2) is 24.3 Å². The maximum Gasteiger partial charge on any atom is 0.220 e. The molecular weight excluding hydrogens is 266 g/mol. The summed E-state index contributed by atoms with van der Waals surface area (Å²) in [6, 6.07) is 7.79. The van der Waals surface area contributed by atoms with Crippen LogP contribution in [-0.4, -0.2) is 18.2 Å². The van der Waals surface area contributed by atoms with Crippen molar-refractivity contribution in [2.24, 2.45) is 5.41 Å². The van der Waals surface area contributed by atoms with Crippen LogP contribution in [0, 0.1) is 5.41 Å². The maximum absolute atomic E-state index is 11.7. The lowest BCUT2D eigenvalue weighted by Crippen LogP contribution is -2.31. The van der Waals surface area contributed by atoms with Gasteiger partial charge in [-0.3, -0.25) is 4.79 Å². The molecule has 0 aliphatic heterocycles. The second-order valence-corrected chi connectivity index (χ2v) is 6.10. The number of benzene rings is 1. The molecule has 100 valence electrons. The van der Waals surface area contributed by atoms with Gasteiger partial charge in [0.05, 0.1) is 0 Å². The van der Waals surface area contributed by atoms with E-state index < -0.39 is 0 Å². The number of rotatable bonds is 6. The average molecular weight is 286 g/mol. The minimum absolute atomic E-state index is 0.0610. The van der Waals surface area contributed by atoms with E-state index in [9.17, 15) is 4.79 Å². The predicted octanol–water partition coefficient (Wildman–Crippen LogP) is 3.34. The monoisotopic (exact) mass is 285 g/mol. The summed E-state index contributed by atoms with van der Waals surface area (Å²) >= 11 is 9.92. The number of carbonyl (C=O) groups excluding carboxylic acids is 1. The van der Waals surface area contributed by atoms with Crippen molar-refractivity contribution in [1.82, 2.24) is 5.32 Å². The van der Waals surface area contributed by atoms with Crippen molar-refractivity contribution >= 4 is 30.1 Å². The predicted molar refractivity (Wildman–Crippen MR) is 80.4 cm³/mol. The average Bonchev–Trinajstić information content (AvgIpc) is 2.28. The molecule has 0 radical (unpaired) electrons. The van der Waals surface area contributed by atoms with Gasteiger partial charge in [0.1, 0.15) is 0 Å². The van der Waals surface area contributed by atoms with E-state index in [2.05, 4.69) is 31.8 Å². The quantitative estimate of drug-likeness (QED) is 0.771. The molecule has 0 aliphatic carbocycles. The fourth-order valence-corrected chi connectivity index (χ4v) is 2.15. The maximum atomic E-state index is 11.7. The first-order valence-corrected chi connectivity index (χ1v) is 7.06. The highest BCUT2D eigenvalue weighted by Gasteiger charge is 2.22. The molecule has 0 unspecified atom stereocenters. The van der Waals surface area contributed by atoms with Gasteiger partial charge < -0.3 is 5.32 Å². The summed E-state index contributed by atoms with van der Waals surface area (Å²) in [5, 5.41) is 3.59. The molecule has 2 nitrogen and oxygen atoms in total. The smallest absolute Gasteiger partial charge is 0.220 e. The van der Waals surface area contributed by atoms with Crippen LogP contribution in [0.4, 0.5) is 0 Å². The Balaban J connectivity index is 2.53. The zero-order valence-electron chi connectivity index (χ0n) is 10.9. The molecule has 0 aliphatic rings. The first kappa shape index (κ1) is 15.4. The van der Waals surface area contributed by atoms with Gasteiger partial charge >= 0.3 is 0 Å². The Morgan fingerprint density at radius 1 is 1.33 bits per heavy atom. The lowest BCUT2D eigenvalue weighted by molar-refractivity contribution is -0.122. The number of hydrogen-bond donors (Lipinski definition) is 2. The number of nitrogens with one attached hydrogen (secondary N) is 1. The standard InChI is InChI=1S/C14H20ClNOS/c1-14(2,10-13(17)16-7-8-18)9-11-3-5-12(15)6-4-11/h3-6,18H,7-10H2,1-2H3,(H,16,17). The molecule has 0 atom stereocenters. The van der Waals surface area contributed by atoms with Crippen molar-refractivity contribution in [2.75, 3.05) is 12.3 Å². The van der Waals surface area contributed by atoms with Crippen LogP contribution in [0.25, 0.3) is 0 Å². The fraction of sp³-hybridized carbons (Fsp3) is 0.500. The molecule has 1 aromatic rings. The summed E-state index contributed by atoms with van der Waals surface area (Å²) in [6.45, 7) is 4.82. The van der Waals surface area contributed by atoms with Crippen LogP contribution in [0.3, 0.4) is 0 Å². The third kappa shape index (κ3) is 5.78. The third-order valence-corrected chi connectivity index (χ3v) is 3.14. The molecule has 18 heavy (non-hydrogen) atoms. The highest BCUT2D eigenvalue weighted by Crippen LogP contribution is 2.26. The number of amides is 1. The minimum Gasteiger partial charge on any atom is -0.355 e. The molecule has 1 N–H and O–H groups in total. The van der Waals surface area contributed by atoms with E-state index in [1.54, 1.807) is 0 Å². The summed E-state index contributed by atoms with van der Waals surface area (Å²) in [5.41, 5.74) is 1.14. The molecule has 0 saturated heterocycles. The Morgan fingerprint density at radius 2 is 1.94 bits per heavy atom. The van der Waals surface area contributed by atoms with E-state index in [1.807, 2.05) is 24.3 Å². The highest BCUT2D eigenvalue weighted by molar-refractivity contribution is 7.80. The van der Waals surface area contributed by atoms with E-state index >= 15 is 0 Å². The lowest BCUT2D eigenvalue weighted by atomic mass is 9.82. The highest BCUT2D eigenvalue weighted by atomic mass is 35.5. The van der Waals surface area contributed by atoms with Gasteiger partial charge in [-0.05, 0) is 29.5 Å². The molecule has 1 rings (SSSR count). The van der Waals surface area contributed by atoms with Crippen molar-refractivity contribution in [3.8, 4) is 0 Å². The molecule has 0 heterocycles. The second-order valence-electron chi connectivity index (χ2n) is 5.22. The fourth-order valence-electron chi connectivity index (χ4n) is 1.91. The Hall–Kier alpha value is -0.670. The van der Waals surface area contributed by atoms with E-state index in [4.69, 9.17) is 11.6 Å². The van der Waals surface area contributed by atoms with Crippen LogP contribution in [0.2, 0.25) is 5.02 Å². The zero-order chi connectivity index (χ0) is 13.6. The van der Waals surface area contributed by atoms with Gasteiger partial charge in [0, 0.05) is 23.7 Å². The van der Waals surface area contributed by atoms with Gasteiger partial charge in [0.2, 0.25) is 5.91 Å².